The quantitative estimate of drug-likeness (QED) is 0.761. The van der Waals surface area contributed by atoms with Gasteiger partial charge in [0.05, 0.1) is 24.7 Å². The summed E-state index contributed by atoms with van der Waals surface area (Å²) in [5.41, 5.74) is 1.49. The molecule has 3 rings (SSSR count). The van der Waals surface area contributed by atoms with E-state index in [0.717, 1.165) is 31.4 Å². The van der Waals surface area contributed by atoms with Crippen LogP contribution in [0.5, 0.6) is 0 Å². The molecule has 0 spiro atoms. The third kappa shape index (κ3) is 2.07. The minimum atomic E-state index is -0.296. The molecule has 5 heteroatoms. The van der Waals surface area contributed by atoms with E-state index in [1.807, 2.05) is 24.3 Å². The normalized spacial score (nSPS) is 24.5. The lowest BCUT2D eigenvalue weighted by atomic mass is 10.1. The van der Waals surface area contributed by atoms with Crippen molar-refractivity contribution in [2.45, 2.75) is 25.6 Å². The van der Waals surface area contributed by atoms with Crippen LogP contribution in [0.4, 0.5) is 0 Å². The Morgan fingerprint density at radius 3 is 2.83 bits per heavy atom. The van der Waals surface area contributed by atoms with Gasteiger partial charge in [-0.05, 0) is 12.1 Å². The summed E-state index contributed by atoms with van der Waals surface area (Å²) in [5, 5.41) is 9.48. The van der Waals surface area contributed by atoms with E-state index in [4.69, 9.17) is 4.42 Å². The summed E-state index contributed by atoms with van der Waals surface area (Å²) in [7, 11) is 0. The Morgan fingerprint density at radius 2 is 2.06 bits per heavy atom. The predicted octanol–water partition coefficient (Wildman–Crippen LogP) is -0.408. The second kappa shape index (κ2) is 4.59. The molecule has 5 nitrogen and oxygen atoms in total. The van der Waals surface area contributed by atoms with Crippen LogP contribution in [0.3, 0.4) is 0 Å². The first-order chi connectivity index (χ1) is 8.74. The third-order valence-electron chi connectivity index (χ3n) is 3.62. The van der Waals surface area contributed by atoms with E-state index in [1.165, 1.54) is 4.90 Å². The van der Waals surface area contributed by atoms with Crippen molar-refractivity contribution >= 4 is 11.1 Å². The molecule has 1 fully saturated rings. The van der Waals surface area contributed by atoms with Crippen LogP contribution < -0.4 is 10.7 Å². The maximum Gasteiger partial charge on any atom is 0.424 e. The molecule has 96 valence electrons. The number of para-hydroxylation sites is 2. The number of piperidine rings is 1. The van der Waals surface area contributed by atoms with Gasteiger partial charge in [0.25, 0.3) is 0 Å². The van der Waals surface area contributed by atoms with Crippen LogP contribution in [0.15, 0.2) is 33.5 Å². The fourth-order valence-corrected chi connectivity index (χ4v) is 2.56. The number of likely N-dealkylation sites (tertiary alicyclic amines) is 1. The highest BCUT2D eigenvalue weighted by Gasteiger charge is 2.22. The Kier molecular flexibility index (Phi) is 2.93. The average molecular weight is 249 g/mol. The summed E-state index contributed by atoms with van der Waals surface area (Å²) < 4.78 is 6.89. The number of quaternary nitrogens is 1. The van der Waals surface area contributed by atoms with Gasteiger partial charge in [-0.2, -0.15) is 0 Å². The minimum absolute atomic E-state index is 0.174. The van der Waals surface area contributed by atoms with Crippen LogP contribution in [-0.4, -0.2) is 28.9 Å². The number of oxazole rings is 1. The smallest absolute Gasteiger partial charge is 0.408 e. The van der Waals surface area contributed by atoms with Gasteiger partial charge in [-0.25, -0.2) is 9.36 Å². The van der Waals surface area contributed by atoms with Crippen molar-refractivity contribution in [1.82, 2.24) is 4.57 Å². The van der Waals surface area contributed by atoms with E-state index in [1.54, 1.807) is 4.57 Å². The fraction of sp³-hybridized carbons (Fsp3) is 0.462. The van der Waals surface area contributed by atoms with Crippen molar-refractivity contribution < 1.29 is 14.4 Å². The van der Waals surface area contributed by atoms with E-state index in [0.29, 0.717) is 12.3 Å². The molecule has 1 aliphatic rings. The number of aromatic nitrogens is 1. The van der Waals surface area contributed by atoms with E-state index in [-0.39, 0.29) is 11.9 Å². The number of aliphatic hydroxyl groups excluding tert-OH is 1. The van der Waals surface area contributed by atoms with Crippen molar-refractivity contribution in [3.05, 3.63) is 34.8 Å². The van der Waals surface area contributed by atoms with Crippen LogP contribution in [0.2, 0.25) is 0 Å². The number of benzene rings is 1. The minimum Gasteiger partial charge on any atom is -0.408 e. The molecule has 0 bridgehead atoms. The molecule has 0 unspecified atom stereocenters. The maximum absolute atomic E-state index is 11.8. The second-order valence-electron chi connectivity index (χ2n) is 4.90. The molecule has 1 saturated heterocycles. The van der Waals surface area contributed by atoms with E-state index < -0.39 is 0 Å². The highest BCUT2D eigenvalue weighted by Crippen LogP contribution is 2.10. The molecule has 0 amide bonds. The highest BCUT2D eigenvalue weighted by atomic mass is 16.4. The summed E-state index contributed by atoms with van der Waals surface area (Å²) in [6.45, 7) is 2.41. The second-order valence-corrected chi connectivity index (χ2v) is 4.90. The Bertz CT molecular complexity index is 594. The highest BCUT2D eigenvalue weighted by molar-refractivity contribution is 5.72. The number of fused-ring (bicyclic) bond motifs is 1. The van der Waals surface area contributed by atoms with Gasteiger partial charge in [0, 0.05) is 12.8 Å². The van der Waals surface area contributed by atoms with Gasteiger partial charge in [0.2, 0.25) is 0 Å². The molecule has 1 aliphatic heterocycles. The van der Waals surface area contributed by atoms with Crippen molar-refractivity contribution in [2.24, 2.45) is 0 Å². The van der Waals surface area contributed by atoms with E-state index in [9.17, 15) is 9.90 Å². The number of nitrogens with zero attached hydrogens (tertiary/aromatic N) is 1. The number of hydrogen-bond donors (Lipinski definition) is 2. The van der Waals surface area contributed by atoms with Crippen molar-refractivity contribution in [2.75, 3.05) is 13.1 Å². The summed E-state index contributed by atoms with van der Waals surface area (Å²) in [4.78, 5) is 13.1. The average Bonchev–Trinajstić information content (AvgIpc) is 2.69. The SMILES string of the molecule is O=c1oc2ccccc2n1C[NH+]1CCC(O)CC1. The van der Waals surface area contributed by atoms with E-state index >= 15 is 0 Å². The zero-order chi connectivity index (χ0) is 12.5. The van der Waals surface area contributed by atoms with Crippen LogP contribution in [0.1, 0.15) is 12.8 Å². The van der Waals surface area contributed by atoms with Crippen molar-refractivity contribution in [3.8, 4) is 0 Å². The first-order valence-electron chi connectivity index (χ1n) is 6.34. The Morgan fingerprint density at radius 1 is 1.33 bits per heavy atom. The Hall–Kier alpha value is -1.59. The topological polar surface area (TPSA) is 59.8 Å². The molecule has 1 aromatic heterocycles. The van der Waals surface area contributed by atoms with Gasteiger partial charge < -0.3 is 14.4 Å². The Labute approximate surface area is 104 Å². The fourth-order valence-electron chi connectivity index (χ4n) is 2.56. The summed E-state index contributed by atoms with van der Waals surface area (Å²) in [6.07, 6.45) is 1.44. The van der Waals surface area contributed by atoms with Crippen LogP contribution in [0, 0.1) is 0 Å². The number of nitrogens with one attached hydrogen (secondary N) is 1. The lowest BCUT2D eigenvalue weighted by Crippen LogP contribution is -3.12. The standard InChI is InChI=1S/C13H16N2O3/c16-10-5-7-14(8-6-10)9-15-11-3-1-2-4-12(11)18-13(15)17/h1-4,10,16H,5-9H2/p+1. The molecular weight excluding hydrogens is 232 g/mol. The number of aliphatic hydroxyl groups is 1. The molecule has 2 N–H and O–H groups in total. The summed E-state index contributed by atoms with van der Waals surface area (Å²) in [5.74, 6) is -0.296. The lowest BCUT2D eigenvalue weighted by molar-refractivity contribution is -0.928. The summed E-state index contributed by atoms with van der Waals surface area (Å²) in [6, 6.07) is 7.48. The van der Waals surface area contributed by atoms with Gasteiger partial charge >= 0.3 is 5.76 Å². The zero-order valence-electron chi connectivity index (χ0n) is 10.1. The van der Waals surface area contributed by atoms with Gasteiger partial charge in [-0.3, -0.25) is 0 Å². The molecular formula is C13H17N2O3+. The van der Waals surface area contributed by atoms with Gasteiger partial charge in [0.1, 0.15) is 0 Å². The zero-order valence-corrected chi connectivity index (χ0v) is 10.1. The molecule has 0 atom stereocenters. The maximum atomic E-state index is 11.8. The Balaban J connectivity index is 1.86. The van der Waals surface area contributed by atoms with Gasteiger partial charge in [-0.15, -0.1) is 0 Å². The van der Waals surface area contributed by atoms with Crippen molar-refractivity contribution in [1.29, 1.82) is 0 Å². The predicted molar refractivity (Wildman–Crippen MR) is 66.4 cm³/mol. The lowest BCUT2D eigenvalue weighted by Gasteiger charge is -2.26. The molecule has 18 heavy (non-hydrogen) atoms. The largest absolute Gasteiger partial charge is 0.424 e. The third-order valence-corrected chi connectivity index (χ3v) is 3.62. The molecule has 2 heterocycles. The van der Waals surface area contributed by atoms with Crippen LogP contribution in [-0.2, 0) is 6.67 Å². The first kappa shape index (κ1) is 11.5. The number of hydrogen-bond acceptors (Lipinski definition) is 3. The van der Waals surface area contributed by atoms with Gasteiger partial charge in [-0.1, -0.05) is 12.1 Å². The van der Waals surface area contributed by atoms with Crippen molar-refractivity contribution in [3.63, 3.8) is 0 Å². The van der Waals surface area contributed by atoms with Gasteiger partial charge in [0.15, 0.2) is 12.3 Å². The molecule has 0 radical (unpaired) electrons. The molecule has 2 aromatic rings. The molecule has 0 aliphatic carbocycles. The van der Waals surface area contributed by atoms with Crippen LogP contribution in [0.25, 0.3) is 11.1 Å². The molecule has 1 aromatic carbocycles. The summed E-state index contributed by atoms with van der Waals surface area (Å²) >= 11 is 0. The first-order valence-corrected chi connectivity index (χ1v) is 6.34. The molecule has 0 saturated carbocycles. The van der Waals surface area contributed by atoms with Crippen LogP contribution >= 0.6 is 0 Å². The number of rotatable bonds is 2. The van der Waals surface area contributed by atoms with E-state index in [2.05, 4.69) is 0 Å². The monoisotopic (exact) mass is 249 g/mol.